The van der Waals surface area contributed by atoms with Crippen LogP contribution in [0.25, 0.3) is 0 Å². The zero-order chi connectivity index (χ0) is 11.5. The van der Waals surface area contributed by atoms with E-state index in [0.717, 1.165) is 5.56 Å². The lowest BCUT2D eigenvalue weighted by molar-refractivity contribution is 0.594. The van der Waals surface area contributed by atoms with Crippen LogP contribution in [0, 0.1) is 0 Å². The Morgan fingerprint density at radius 3 is 2.20 bits per heavy atom. The van der Waals surface area contributed by atoms with Crippen LogP contribution >= 0.6 is 0 Å². The van der Waals surface area contributed by atoms with E-state index in [1.54, 1.807) is 24.3 Å². The van der Waals surface area contributed by atoms with Crippen molar-refractivity contribution in [1.29, 1.82) is 0 Å². The van der Waals surface area contributed by atoms with Gasteiger partial charge in [0.2, 0.25) is 0 Å². The van der Waals surface area contributed by atoms with Gasteiger partial charge >= 0.3 is 0 Å². The molecule has 0 spiro atoms. The molecular formula is C11H17NO2S. The third-order valence-electron chi connectivity index (χ3n) is 2.24. The molecule has 3 nitrogen and oxygen atoms in total. The van der Waals surface area contributed by atoms with Gasteiger partial charge in [0.25, 0.3) is 0 Å². The first kappa shape index (κ1) is 12.2. The van der Waals surface area contributed by atoms with Crippen LogP contribution in [0.2, 0.25) is 0 Å². The number of benzene rings is 1. The molecule has 0 radical (unpaired) electrons. The molecule has 0 bridgehead atoms. The Labute approximate surface area is 91.2 Å². The van der Waals surface area contributed by atoms with Crippen molar-refractivity contribution in [3.05, 3.63) is 29.8 Å². The van der Waals surface area contributed by atoms with E-state index in [9.17, 15) is 8.42 Å². The van der Waals surface area contributed by atoms with Gasteiger partial charge in [-0.25, -0.2) is 8.42 Å². The lowest BCUT2D eigenvalue weighted by Gasteiger charge is -2.07. The Kier molecular flexibility index (Phi) is 3.88. The van der Waals surface area contributed by atoms with Gasteiger partial charge < -0.3 is 5.73 Å². The van der Waals surface area contributed by atoms with Crippen LogP contribution in [0.5, 0.6) is 0 Å². The smallest absolute Gasteiger partial charge is 0.178 e. The van der Waals surface area contributed by atoms with Gasteiger partial charge in [-0.3, -0.25) is 0 Å². The summed E-state index contributed by atoms with van der Waals surface area (Å²) >= 11 is 0. The predicted octanol–water partition coefficient (Wildman–Crippen LogP) is 1.89. The number of sulfone groups is 1. The fourth-order valence-electron chi connectivity index (χ4n) is 1.37. The first-order valence-corrected chi connectivity index (χ1v) is 6.71. The van der Waals surface area contributed by atoms with Crippen LogP contribution in [-0.2, 0) is 9.84 Å². The van der Waals surface area contributed by atoms with Gasteiger partial charge in [0.1, 0.15) is 0 Å². The molecule has 0 aliphatic carbocycles. The minimum atomic E-state index is -3.09. The molecule has 2 N–H and O–H groups in total. The van der Waals surface area contributed by atoms with E-state index in [-0.39, 0.29) is 11.8 Å². The topological polar surface area (TPSA) is 60.2 Å². The molecule has 0 amide bonds. The van der Waals surface area contributed by atoms with Crippen molar-refractivity contribution in [1.82, 2.24) is 0 Å². The van der Waals surface area contributed by atoms with Gasteiger partial charge in [-0.1, -0.05) is 19.1 Å². The molecule has 0 saturated carbocycles. The normalized spacial score (nSPS) is 13.8. The molecule has 1 atom stereocenters. The first-order chi connectivity index (χ1) is 6.97. The number of hydrogen-bond acceptors (Lipinski definition) is 3. The van der Waals surface area contributed by atoms with Gasteiger partial charge in [0.15, 0.2) is 9.84 Å². The van der Waals surface area contributed by atoms with Crippen LogP contribution in [0.3, 0.4) is 0 Å². The highest BCUT2D eigenvalue weighted by Crippen LogP contribution is 2.16. The monoisotopic (exact) mass is 227 g/mol. The van der Waals surface area contributed by atoms with E-state index in [2.05, 4.69) is 0 Å². The van der Waals surface area contributed by atoms with E-state index in [4.69, 9.17) is 5.73 Å². The van der Waals surface area contributed by atoms with Crippen LogP contribution in [-0.4, -0.2) is 14.2 Å². The summed E-state index contributed by atoms with van der Waals surface area (Å²) in [7, 11) is -3.09. The third kappa shape index (κ3) is 3.04. The number of nitrogens with two attached hydrogens (primary N) is 1. The first-order valence-electron chi connectivity index (χ1n) is 5.05. The third-order valence-corrected chi connectivity index (χ3v) is 4.17. The van der Waals surface area contributed by atoms with Gasteiger partial charge in [0, 0.05) is 6.04 Å². The summed E-state index contributed by atoms with van der Waals surface area (Å²) in [6.07, 6.45) is 0.636. The minimum Gasteiger partial charge on any atom is -0.324 e. The largest absolute Gasteiger partial charge is 0.324 e. The zero-order valence-electron chi connectivity index (χ0n) is 9.10. The molecule has 0 saturated heterocycles. The van der Waals surface area contributed by atoms with E-state index in [0.29, 0.717) is 11.3 Å². The van der Waals surface area contributed by atoms with Crippen molar-refractivity contribution < 1.29 is 8.42 Å². The molecule has 1 unspecified atom stereocenters. The summed E-state index contributed by atoms with van der Waals surface area (Å²) in [5, 5.41) is 0. The highest BCUT2D eigenvalue weighted by molar-refractivity contribution is 7.91. The van der Waals surface area contributed by atoms with Gasteiger partial charge in [0.05, 0.1) is 10.6 Å². The molecule has 1 aromatic carbocycles. The van der Waals surface area contributed by atoms with E-state index < -0.39 is 9.84 Å². The van der Waals surface area contributed by atoms with Crippen molar-refractivity contribution in [2.45, 2.75) is 31.2 Å². The molecule has 0 heterocycles. The molecule has 4 heteroatoms. The van der Waals surface area contributed by atoms with Crippen molar-refractivity contribution in [2.75, 3.05) is 5.75 Å². The Morgan fingerprint density at radius 1 is 1.27 bits per heavy atom. The highest BCUT2D eigenvalue weighted by atomic mass is 32.2. The second-order valence-electron chi connectivity index (χ2n) is 3.68. The Hall–Kier alpha value is -0.870. The minimum absolute atomic E-state index is 0.0621. The van der Waals surface area contributed by atoms with Crippen molar-refractivity contribution in [3.63, 3.8) is 0 Å². The van der Waals surface area contributed by atoms with Crippen LogP contribution in [0.15, 0.2) is 29.2 Å². The maximum absolute atomic E-state index is 11.7. The SMILES string of the molecule is CCCS(=O)(=O)c1ccc(C(C)N)cc1. The van der Waals surface area contributed by atoms with Gasteiger partial charge in [-0.15, -0.1) is 0 Å². The van der Waals surface area contributed by atoms with Crippen LogP contribution in [0.1, 0.15) is 31.9 Å². The maximum atomic E-state index is 11.7. The molecule has 1 rings (SSSR count). The maximum Gasteiger partial charge on any atom is 0.178 e. The fraction of sp³-hybridized carbons (Fsp3) is 0.455. The Morgan fingerprint density at radius 2 is 1.80 bits per heavy atom. The summed E-state index contributed by atoms with van der Waals surface area (Å²) in [6, 6.07) is 6.74. The highest BCUT2D eigenvalue weighted by Gasteiger charge is 2.12. The quantitative estimate of drug-likeness (QED) is 0.854. The van der Waals surface area contributed by atoms with Crippen molar-refractivity contribution in [3.8, 4) is 0 Å². The van der Waals surface area contributed by atoms with E-state index in [1.807, 2.05) is 13.8 Å². The molecule has 0 fully saturated rings. The Balaban J connectivity index is 2.99. The van der Waals surface area contributed by atoms with E-state index >= 15 is 0 Å². The van der Waals surface area contributed by atoms with Crippen LogP contribution in [0.4, 0.5) is 0 Å². The van der Waals surface area contributed by atoms with Gasteiger partial charge in [-0.05, 0) is 31.0 Å². The zero-order valence-corrected chi connectivity index (χ0v) is 9.92. The van der Waals surface area contributed by atoms with Crippen molar-refractivity contribution in [2.24, 2.45) is 5.73 Å². The van der Waals surface area contributed by atoms with Crippen molar-refractivity contribution >= 4 is 9.84 Å². The summed E-state index contributed by atoms with van der Waals surface area (Å²) in [6.45, 7) is 3.73. The second-order valence-corrected chi connectivity index (χ2v) is 5.79. The average molecular weight is 227 g/mol. The molecule has 1 aromatic rings. The fourth-order valence-corrected chi connectivity index (χ4v) is 2.69. The van der Waals surface area contributed by atoms with Gasteiger partial charge in [-0.2, -0.15) is 0 Å². The summed E-state index contributed by atoms with van der Waals surface area (Å²) in [5.41, 5.74) is 6.63. The summed E-state index contributed by atoms with van der Waals surface area (Å²) in [4.78, 5) is 0.383. The number of hydrogen-bond donors (Lipinski definition) is 1. The molecule has 84 valence electrons. The summed E-state index contributed by atoms with van der Waals surface area (Å²) < 4.78 is 23.4. The number of rotatable bonds is 4. The molecule has 0 aromatic heterocycles. The lowest BCUT2D eigenvalue weighted by Crippen LogP contribution is -2.08. The lowest BCUT2D eigenvalue weighted by atomic mass is 10.1. The van der Waals surface area contributed by atoms with Crippen LogP contribution < -0.4 is 5.73 Å². The summed E-state index contributed by atoms with van der Waals surface area (Å²) in [5.74, 6) is 0.199. The standard InChI is InChI=1S/C11H17NO2S/c1-3-8-15(13,14)11-6-4-10(5-7-11)9(2)12/h4-7,9H,3,8,12H2,1-2H3. The molecular weight excluding hydrogens is 210 g/mol. The molecule has 15 heavy (non-hydrogen) atoms. The Bertz CT molecular complexity index is 407. The molecule has 0 aliphatic heterocycles. The average Bonchev–Trinajstić information content (AvgIpc) is 2.18. The predicted molar refractivity (Wildman–Crippen MR) is 61.4 cm³/mol. The van der Waals surface area contributed by atoms with E-state index in [1.165, 1.54) is 0 Å². The second kappa shape index (κ2) is 4.77. The molecule has 0 aliphatic rings.